The van der Waals surface area contributed by atoms with Crippen molar-refractivity contribution < 1.29 is 9.53 Å². The molecule has 3 aromatic rings. The first-order chi connectivity index (χ1) is 15.6. The van der Waals surface area contributed by atoms with Crippen molar-refractivity contribution in [2.75, 3.05) is 6.61 Å². The number of amides is 2. The molecule has 2 amide bonds. The highest BCUT2D eigenvalue weighted by Crippen LogP contribution is 2.44. The smallest absolute Gasteiger partial charge is 0.318 e. The van der Waals surface area contributed by atoms with Gasteiger partial charge in [-0.3, -0.25) is 0 Å². The number of hydrogen-bond donors (Lipinski definition) is 1. The Kier molecular flexibility index (Phi) is 5.72. The summed E-state index contributed by atoms with van der Waals surface area (Å²) in [6, 6.07) is 12.3. The van der Waals surface area contributed by atoms with E-state index >= 15 is 0 Å². The van der Waals surface area contributed by atoms with Crippen molar-refractivity contribution in [3.05, 3.63) is 69.9 Å². The molecule has 0 unspecified atom stereocenters. The van der Waals surface area contributed by atoms with E-state index in [1.807, 2.05) is 49.1 Å². The molecule has 1 aromatic carbocycles. The minimum Gasteiger partial charge on any atom is -0.494 e. The van der Waals surface area contributed by atoms with Crippen molar-refractivity contribution in [1.29, 1.82) is 0 Å². The highest BCUT2D eigenvalue weighted by Gasteiger charge is 2.36. The maximum Gasteiger partial charge on any atom is 0.318 e. The number of rotatable bonds is 4. The van der Waals surface area contributed by atoms with E-state index in [0.29, 0.717) is 13.2 Å². The van der Waals surface area contributed by atoms with Gasteiger partial charge in [0.1, 0.15) is 10.8 Å². The summed E-state index contributed by atoms with van der Waals surface area (Å²) < 4.78 is 8.11. The topological polar surface area (TPSA) is 46.5 Å². The van der Waals surface area contributed by atoms with E-state index < -0.39 is 0 Å². The summed E-state index contributed by atoms with van der Waals surface area (Å²) in [6.07, 6.45) is 6.91. The number of aryl methyl sites for hydroxylation is 1. The van der Waals surface area contributed by atoms with Gasteiger partial charge in [-0.05, 0) is 81.8 Å². The van der Waals surface area contributed by atoms with Crippen LogP contribution in [0.3, 0.4) is 0 Å². The predicted molar refractivity (Wildman–Crippen MR) is 129 cm³/mol. The second kappa shape index (κ2) is 8.66. The van der Waals surface area contributed by atoms with Crippen LogP contribution in [0.5, 0.6) is 5.75 Å². The Morgan fingerprint density at radius 3 is 2.84 bits per heavy atom. The molecule has 0 saturated heterocycles. The van der Waals surface area contributed by atoms with Gasteiger partial charge in [-0.15, -0.1) is 11.3 Å². The second-order valence-corrected chi connectivity index (χ2v) is 10.0. The van der Waals surface area contributed by atoms with Crippen LogP contribution in [0.25, 0.3) is 5.00 Å². The molecule has 5 nitrogen and oxygen atoms in total. The summed E-state index contributed by atoms with van der Waals surface area (Å²) in [5, 5.41) is 4.44. The first-order valence-corrected chi connectivity index (χ1v) is 12.5. The van der Waals surface area contributed by atoms with E-state index in [-0.39, 0.29) is 18.1 Å². The number of aromatic nitrogens is 1. The maximum atomic E-state index is 13.6. The number of thiophene rings is 1. The summed E-state index contributed by atoms with van der Waals surface area (Å²) in [4.78, 5) is 17.1. The maximum absolute atomic E-state index is 13.6. The van der Waals surface area contributed by atoms with Gasteiger partial charge < -0.3 is 19.5 Å². The SMILES string of the molecule is CCOc1cccc([C@@H]2c3cccn3-c3sc4c(c3CN2C(=O)NC(C)C)CCCC4)c1. The van der Waals surface area contributed by atoms with Crippen LogP contribution in [-0.2, 0) is 19.4 Å². The number of urea groups is 1. The van der Waals surface area contributed by atoms with Crippen molar-refractivity contribution in [3.63, 3.8) is 0 Å². The lowest BCUT2D eigenvalue weighted by atomic mass is 9.95. The number of hydrogen-bond acceptors (Lipinski definition) is 3. The highest BCUT2D eigenvalue weighted by molar-refractivity contribution is 7.15. The summed E-state index contributed by atoms with van der Waals surface area (Å²) in [6.45, 7) is 7.26. The number of fused-ring (bicyclic) bond motifs is 5. The van der Waals surface area contributed by atoms with Gasteiger partial charge in [0.2, 0.25) is 0 Å². The van der Waals surface area contributed by atoms with Crippen LogP contribution in [0, 0.1) is 0 Å². The minimum absolute atomic E-state index is 0.0248. The van der Waals surface area contributed by atoms with E-state index in [1.165, 1.54) is 33.8 Å². The third-order valence-corrected chi connectivity index (χ3v) is 7.67. The van der Waals surface area contributed by atoms with Gasteiger partial charge in [-0.1, -0.05) is 12.1 Å². The molecule has 168 valence electrons. The van der Waals surface area contributed by atoms with E-state index in [4.69, 9.17) is 4.74 Å². The molecule has 1 aliphatic heterocycles. The van der Waals surface area contributed by atoms with Gasteiger partial charge in [0.25, 0.3) is 0 Å². The Labute approximate surface area is 194 Å². The van der Waals surface area contributed by atoms with Crippen LogP contribution in [-0.4, -0.2) is 28.1 Å². The summed E-state index contributed by atoms with van der Waals surface area (Å²) in [5.41, 5.74) is 4.99. The van der Waals surface area contributed by atoms with E-state index in [2.05, 4.69) is 40.3 Å². The molecule has 1 aliphatic carbocycles. The number of benzene rings is 1. The first-order valence-electron chi connectivity index (χ1n) is 11.7. The van der Waals surface area contributed by atoms with E-state index in [9.17, 15) is 4.79 Å². The zero-order valence-electron chi connectivity index (χ0n) is 19.1. The number of nitrogens with zero attached hydrogens (tertiary/aromatic N) is 2. The molecular weight excluding hydrogens is 418 g/mol. The normalized spacial score (nSPS) is 17.4. The van der Waals surface area contributed by atoms with Gasteiger partial charge in [0.15, 0.2) is 0 Å². The molecule has 5 rings (SSSR count). The summed E-state index contributed by atoms with van der Waals surface area (Å²) >= 11 is 1.91. The molecule has 0 bridgehead atoms. The van der Waals surface area contributed by atoms with Gasteiger partial charge in [-0.2, -0.15) is 0 Å². The average molecular weight is 450 g/mol. The summed E-state index contributed by atoms with van der Waals surface area (Å²) in [7, 11) is 0. The first kappa shape index (κ1) is 21.1. The van der Waals surface area contributed by atoms with Gasteiger partial charge >= 0.3 is 6.03 Å². The molecule has 1 atom stereocenters. The molecule has 3 heterocycles. The number of carbonyl (C=O) groups is 1. The van der Waals surface area contributed by atoms with Crippen LogP contribution in [0.4, 0.5) is 4.79 Å². The monoisotopic (exact) mass is 449 g/mol. The fourth-order valence-electron chi connectivity index (χ4n) is 5.01. The molecule has 6 heteroatoms. The fourth-order valence-corrected chi connectivity index (χ4v) is 6.41. The molecule has 32 heavy (non-hydrogen) atoms. The van der Waals surface area contributed by atoms with E-state index in [1.54, 1.807) is 0 Å². The lowest BCUT2D eigenvalue weighted by molar-refractivity contribution is 0.178. The molecular formula is C26H31N3O2S. The molecule has 1 N–H and O–H groups in total. The van der Waals surface area contributed by atoms with Crippen molar-refractivity contribution in [2.45, 2.75) is 65.1 Å². The van der Waals surface area contributed by atoms with Crippen LogP contribution in [0.2, 0.25) is 0 Å². The van der Waals surface area contributed by atoms with Crippen molar-refractivity contribution in [3.8, 4) is 10.8 Å². The minimum atomic E-state index is -0.192. The zero-order valence-corrected chi connectivity index (χ0v) is 19.9. The Balaban J connectivity index is 1.68. The Hall–Kier alpha value is -2.73. The zero-order chi connectivity index (χ0) is 22.2. The van der Waals surface area contributed by atoms with Gasteiger partial charge in [0.05, 0.1) is 24.9 Å². The summed E-state index contributed by atoms with van der Waals surface area (Å²) in [5.74, 6) is 0.837. The standard InChI is InChI=1S/C26H31N3O2S/c1-4-31-19-10-7-9-18(15-19)24-22-12-8-14-28(22)25-21(16-29(24)26(30)27-17(2)3)20-11-5-6-13-23(20)32-25/h7-10,12,14-15,17,24H,4-6,11,13,16H2,1-3H3,(H,27,30)/t24-/m1/s1. The molecule has 2 aliphatic rings. The second-order valence-electron chi connectivity index (χ2n) is 8.94. The molecule has 0 spiro atoms. The highest BCUT2D eigenvalue weighted by atomic mass is 32.1. The number of nitrogens with one attached hydrogen (secondary N) is 1. The van der Waals surface area contributed by atoms with E-state index in [0.717, 1.165) is 29.8 Å². The van der Waals surface area contributed by atoms with Gasteiger partial charge in [0, 0.05) is 22.7 Å². The fraction of sp³-hybridized carbons (Fsp3) is 0.423. The number of carbonyl (C=O) groups excluding carboxylic acids is 1. The third kappa shape index (κ3) is 3.71. The third-order valence-electron chi connectivity index (χ3n) is 6.34. The predicted octanol–water partition coefficient (Wildman–Crippen LogP) is 5.84. The van der Waals surface area contributed by atoms with Gasteiger partial charge in [-0.25, -0.2) is 4.79 Å². The van der Waals surface area contributed by atoms with Crippen LogP contribution in [0.15, 0.2) is 42.6 Å². The van der Waals surface area contributed by atoms with Crippen LogP contribution < -0.4 is 10.1 Å². The van der Waals surface area contributed by atoms with Crippen molar-refractivity contribution in [1.82, 2.24) is 14.8 Å². The molecule has 0 saturated carbocycles. The Morgan fingerprint density at radius 2 is 2.03 bits per heavy atom. The lowest BCUT2D eigenvalue weighted by Crippen LogP contribution is -2.44. The molecule has 2 aromatic heterocycles. The lowest BCUT2D eigenvalue weighted by Gasteiger charge is -2.32. The Bertz CT molecular complexity index is 1130. The quantitative estimate of drug-likeness (QED) is 0.544. The van der Waals surface area contributed by atoms with Crippen molar-refractivity contribution in [2.24, 2.45) is 0 Å². The molecule has 0 radical (unpaired) electrons. The van der Waals surface area contributed by atoms with Crippen LogP contribution >= 0.6 is 11.3 Å². The number of ether oxygens (including phenoxy) is 1. The van der Waals surface area contributed by atoms with Crippen molar-refractivity contribution >= 4 is 17.4 Å². The van der Waals surface area contributed by atoms with Crippen LogP contribution in [0.1, 0.15) is 66.9 Å². The molecule has 0 fully saturated rings. The largest absolute Gasteiger partial charge is 0.494 e. The average Bonchev–Trinajstić information content (AvgIpc) is 3.35. The Morgan fingerprint density at radius 1 is 1.19 bits per heavy atom.